The molecule has 2 N–H and O–H groups in total. The van der Waals surface area contributed by atoms with Gasteiger partial charge in [-0.1, -0.05) is 26.7 Å². The van der Waals surface area contributed by atoms with E-state index in [0.717, 1.165) is 6.54 Å². The fraction of sp³-hybridized carbons (Fsp3) is 0.769. The van der Waals surface area contributed by atoms with E-state index in [2.05, 4.69) is 34.6 Å². The van der Waals surface area contributed by atoms with E-state index in [1.165, 1.54) is 38.3 Å². The normalized spacial score (nSPS) is 18.2. The van der Waals surface area contributed by atoms with Gasteiger partial charge in [-0.15, -0.1) is 0 Å². The van der Waals surface area contributed by atoms with Crippen LogP contribution in [0.2, 0.25) is 0 Å². The van der Waals surface area contributed by atoms with Crippen LogP contribution in [0.1, 0.15) is 56.4 Å². The van der Waals surface area contributed by atoms with Crippen LogP contribution in [-0.4, -0.2) is 27.9 Å². The van der Waals surface area contributed by atoms with Gasteiger partial charge in [0.05, 0.1) is 6.20 Å². The fourth-order valence-electron chi connectivity index (χ4n) is 3.11. The smallest absolute Gasteiger partial charge is 0.273 e. The van der Waals surface area contributed by atoms with Gasteiger partial charge >= 0.3 is 0 Å². The maximum absolute atomic E-state index is 11.9. The van der Waals surface area contributed by atoms with Crippen molar-refractivity contribution >= 4 is 5.91 Å². The topological polar surface area (TPSA) is 70.7 Å². The second-order valence-electron chi connectivity index (χ2n) is 5.84. The molecule has 1 aliphatic carbocycles. The summed E-state index contributed by atoms with van der Waals surface area (Å²) >= 11 is 0. The van der Waals surface area contributed by atoms with Crippen molar-refractivity contribution in [3.05, 3.63) is 11.9 Å². The molecule has 0 unspecified atom stereocenters. The molecule has 1 aromatic heterocycles. The lowest BCUT2D eigenvalue weighted by molar-refractivity contribution is 0.0917. The lowest BCUT2D eigenvalue weighted by Crippen LogP contribution is -2.37. The minimum absolute atomic E-state index is 0.126. The van der Waals surface area contributed by atoms with Gasteiger partial charge in [-0.3, -0.25) is 4.79 Å². The van der Waals surface area contributed by atoms with Gasteiger partial charge in [0.2, 0.25) is 0 Å². The summed E-state index contributed by atoms with van der Waals surface area (Å²) < 4.78 is 0. The predicted octanol–water partition coefficient (Wildman–Crippen LogP) is 2.14. The van der Waals surface area contributed by atoms with Crippen molar-refractivity contribution in [3.8, 4) is 0 Å². The van der Waals surface area contributed by atoms with Gasteiger partial charge in [-0.2, -0.15) is 15.4 Å². The number of nitrogens with zero attached hydrogens (tertiary/aromatic N) is 2. The Kier molecular flexibility index (Phi) is 3.99. The van der Waals surface area contributed by atoms with Crippen molar-refractivity contribution in [1.29, 1.82) is 0 Å². The summed E-state index contributed by atoms with van der Waals surface area (Å²) in [5.41, 5.74) is 0.667. The molecule has 0 atom stereocenters. The van der Waals surface area contributed by atoms with Gasteiger partial charge in [0.1, 0.15) is 0 Å². The van der Waals surface area contributed by atoms with E-state index < -0.39 is 0 Å². The summed E-state index contributed by atoms with van der Waals surface area (Å²) in [6.07, 6.45) is 7.67. The summed E-state index contributed by atoms with van der Waals surface area (Å²) in [5.74, 6) is 0.547. The summed E-state index contributed by atoms with van der Waals surface area (Å²) in [5, 5.41) is 12.9. The molecule has 5 nitrogen and oxygen atoms in total. The van der Waals surface area contributed by atoms with E-state index in [1.54, 1.807) is 0 Å². The molecule has 0 radical (unpaired) electrons. The van der Waals surface area contributed by atoms with E-state index in [0.29, 0.717) is 17.0 Å². The first-order chi connectivity index (χ1) is 8.61. The highest BCUT2D eigenvalue weighted by Gasteiger charge is 2.34. The average molecular weight is 250 g/mol. The molecular weight excluding hydrogens is 228 g/mol. The summed E-state index contributed by atoms with van der Waals surface area (Å²) in [6, 6.07) is 0. The maximum atomic E-state index is 11.9. The van der Waals surface area contributed by atoms with Crippen LogP contribution in [0.15, 0.2) is 6.20 Å². The molecular formula is C13H22N4O. The second-order valence-corrected chi connectivity index (χ2v) is 5.84. The van der Waals surface area contributed by atoms with Gasteiger partial charge in [0.25, 0.3) is 5.91 Å². The SMILES string of the molecule is CC(C)CC1(CNC(=O)c2cn[nH]n2)CCCC1. The third-order valence-corrected chi connectivity index (χ3v) is 3.78. The van der Waals surface area contributed by atoms with Crippen LogP contribution >= 0.6 is 0 Å². The van der Waals surface area contributed by atoms with Crippen molar-refractivity contribution in [1.82, 2.24) is 20.7 Å². The number of hydrogen-bond acceptors (Lipinski definition) is 3. The Morgan fingerprint density at radius 2 is 2.22 bits per heavy atom. The largest absolute Gasteiger partial charge is 0.350 e. The van der Waals surface area contributed by atoms with Gasteiger partial charge < -0.3 is 5.32 Å². The molecule has 1 saturated carbocycles. The highest BCUT2D eigenvalue weighted by Crippen LogP contribution is 2.42. The molecule has 0 spiro atoms. The van der Waals surface area contributed by atoms with Crippen molar-refractivity contribution in [2.75, 3.05) is 6.54 Å². The molecule has 0 aliphatic heterocycles. The van der Waals surface area contributed by atoms with E-state index in [-0.39, 0.29) is 5.91 Å². The average Bonchev–Trinajstić information content (AvgIpc) is 2.96. The lowest BCUT2D eigenvalue weighted by Gasteiger charge is -2.31. The highest BCUT2D eigenvalue weighted by molar-refractivity contribution is 5.91. The number of H-pyrrole nitrogens is 1. The molecule has 1 aliphatic rings. The molecule has 0 saturated heterocycles. The lowest BCUT2D eigenvalue weighted by atomic mass is 9.78. The minimum atomic E-state index is -0.126. The number of aromatic amines is 1. The van der Waals surface area contributed by atoms with Crippen LogP contribution in [-0.2, 0) is 0 Å². The number of aromatic nitrogens is 3. The van der Waals surface area contributed by atoms with Crippen LogP contribution in [0.4, 0.5) is 0 Å². The Morgan fingerprint density at radius 3 is 2.78 bits per heavy atom. The number of carbonyl (C=O) groups is 1. The zero-order valence-electron chi connectivity index (χ0n) is 11.2. The molecule has 100 valence electrons. The summed E-state index contributed by atoms with van der Waals surface area (Å²) in [6.45, 7) is 5.26. The van der Waals surface area contributed by atoms with Crippen molar-refractivity contribution in [3.63, 3.8) is 0 Å². The highest BCUT2D eigenvalue weighted by atomic mass is 16.1. The fourth-order valence-corrected chi connectivity index (χ4v) is 3.11. The monoisotopic (exact) mass is 250 g/mol. The van der Waals surface area contributed by atoms with Crippen LogP contribution in [0, 0.1) is 11.3 Å². The van der Waals surface area contributed by atoms with Crippen LogP contribution in [0.3, 0.4) is 0 Å². The molecule has 18 heavy (non-hydrogen) atoms. The first kappa shape index (κ1) is 13.1. The first-order valence-corrected chi connectivity index (χ1v) is 6.75. The third kappa shape index (κ3) is 3.09. The van der Waals surface area contributed by atoms with Gasteiger partial charge in [0.15, 0.2) is 5.69 Å². The standard InChI is InChI=1S/C13H22N4O/c1-10(2)7-13(5-3-4-6-13)9-14-12(18)11-8-15-17-16-11/h8,10H,3-7,9H2,1-2H3,(H,14,18)(H,15,16,17). The van der Waals surface area contributed by atoms with E-state index in [9.17, 15) is 4.79 Å². The summed E-state index contributed by atoms with van der Waals surface area (Å²) in [4.78, 5) is 11.9. The Labute approximate surface area is 108 Å². The molecule has 5 heteroatoms. The number of hydrogen-bond donors (Lipinski definition) is 2. The number of nitrogens with one attached hydrogen (secondary N) is 2. The van der Waals surface area contributed by atoms with Crippen molar-refractivity contribution in [2.24, 2.45) is 11.3 Å². The van der Waals surface area contributed by atoms with E-state index >= 15 is 0 Å². The van der Waals surface area contributed by atoms with Crippen LogP contribution in [0.25, 0.3) is 0 Å². The molecule has 1 aromatic rings. The molecule has 1 heterocycles. The van der Waals surface area contributed by atoms with Crippen molar-refractivity contribution < 1.29 is 4.79 Å². The summed E-state index contributed by atoms with van der Waals surface area (Å²) in [7, 11) is 0. The third-order valence-electron chi connectivity index (χ3n) is 3.78. The first-order valence-electron chi connectivity index (χ1n) is 6.75. The molecule has 0 bridgehead atoms. The predicted molar refractivity (Wildman–Crippen MR) is 69.1 cm³/mol. The zero-order chi connectivity index (χ0) is 13.0. The second kappa shape index (κ2) is 5.50. The maximum Gasteiger partial charge on any atom is 0.273 e. The number of rotatable bonds is 5. The van der Waals surface area contributed by atoms with Gasteiger partial charge in [-0.05, 0) is 30.6 Å². The quantitative estimate of drug-likeness (QED) is 0.841. The molecule has 1 amide bonds. The number of amides is 1. The van der Waals surface area contributed by atoms with Gasteiger partial charge in [0, 0.05) is 6.54 Å². The zero-order valence-corrected chi connectivity index (χ0v) is 11.2. The van der Waals surface area contributed by atoms with Gasteiger partial charge in [-0.25, -0.2) is 0 Å². The molecule has 2 rings (SSSR count). The molecule has 1 fully saturated rings. The minimum Gasteiger partial charge on any atom is -0.350 e. The Morgan fingerprint density at radius 1 is 1.50 bits per heavy atom. The molecule has 0 aromatic carbocycles. The Balaban J connectivity index is 1.92. The van der Waals surface area contributed by atoms with E-state index in [1.807, 2.05) is 0 Å². The van der Waals surface area contributed by atoms with E-state index in [4.69, 9.17) is 0 Å². The van der Waals surface area contributed by atoms with Crippen LogP contribution < -0.4 is 5.32 Å². The Hall–Kier alpha value is -1.39. The Bertz CT molecular complexity index is 380. The number of carbonyl (C=O) groups excluding carboxylic acids is 1. The van der Waals surface area contributed by atoms with Crippen LogP contribution in [0.5, 0.6) is 0 Å². The van der Waals surface area contributed by atoms with Crippen molar-refractivity contribution in [2.45, 2.75) is 46.0 Å².